The van der Waals surface area contributed by atoms with Crippen LogP contribution in [-0.4, -0.2) is 33.9 Å². The molecule has 0 unspecified atom stereocenters. The Morgan fingerprint density at radius 1 is 1.22 bits per heavy atom. The Morgan fingerprint density at radius 2 is 1.96 bits per heavy atom. The van der Waals surface area contributed by atoms with Crippen molar-refractivity contribution in [2.24, 2.45) is 5.92 Å². The van der Waals surface area contributed by atoms with Crippen molar-refractivity contribution in [3.8, 4) is 11.3 Å². The number of nitrogens with zero attached hydrogens (tertiary/aromatic N) is 3. The van der Waals surface area contributed by atoms with Gasteiger partial charge in [-0.2, -0.15) is 0 Å². The summed E-state index contributed by atoms with van der Waals surface area (Å²) in [5, 5.41) is 0. The van der Waals surface area contributed by atoms with Crippen LogP contribution in [0, 0.1) is 12.8 Å². The highest BCUT2D eigenvalue weighted by molar-refractivity contribution is 5.73. The van der Waals surface area contributed by atoms with Crippen molar-refractivity contribution < 1.29 is 4.79 Å². The molecule has 1 amide bonds. The molecule has 0 aliphatic carbocycles. The molecule has 1 atom stereocenters. The number of rotatable bonds is 3. The van der Waals surface area contributed by atoms with Gasteiger partial charge in [0.05, 0.1) is 11.4 Å². The highest BCUT2D eigenvalue weighted by atomic mass is 16.2. The number of aromatic nitrogens is 2. The Bertz CT molecular complexity index is 681. The predicted octanol–water partition coefficient (Wildman–Crippen LogP) is 3.25. The van der Waals surface area contributed by atoms with E-state index in [1.54, 1.807) is 19.3 Å². The average molecular weight is 309 g/mol. The molecular weight excluding hydrogens is 286 g/mol. The van der Waals surface area contributed by atoms with Gasteiger partial charge in [-0.25, -0.2) is 0 Å². The molecule has 1 aliphatic rings. The van der Waals surface area contributed by atoms with Gasteiger partial charge in [0.25, 0.3) is 0 Å². The van der Waals surface area contributed by atoms with Crippen molar-refractivity contribution in [1.29, 1.82) is 0 Å². The molecule has 3 rings (SSSR count). The molecule has 23 heavy (non-hydrogen) atoms. The van der Waals surface area contributed by atoms with Gasteiger partial charge in [0.1, 0.15) is 0 Å². The molecule has 0 spiro atoms. The largest absolute Gasteiger partial charge is 0.343 e. The second-order valence-electron chi connectivity index (χ2n) is 6.40. The van der Waals surface area contributed by atoms with Crippen molar-refractivity contribution in [2.75, 3.05) is 13.1 Å². The number of amides is 1. The molecule has 120 valence electrons. The Labute approximate surface area is 137 Å². The van der Waals surface area contributed by atoms with Crippen LogP contribution in [0.3, 0.4) is 0 Å². The molecule has 1 aromatic carbocycles. The van der Waals surface area contributed by atoms with Gasteiger partial charge in [0.2, 0.25) is 5.91 Å². The second kappa shape index (κ2) is 6.90. The molecule has 4 nitrogen and oxygen atoms in total. The first-order chi connectivity index (χ1) is 11.1. The van der Waals surface area contributed by atoms with Gasteiger partial charge in [0, 0.05) is 38.0 Å². The fourth-order valence-electron chi connectivity index (χ4n) is 3.26. The number of carbonyl (C=O) groups excluding carboxylic acids is 1. The number of aryl methyl sites for hydroxylation is 1. The van der Waals surface area contributed by atoms with Crippen LogP contribution in [0.2, 0.25) is 0 Å². The summed E-state index contributed by atoms with van der Waals surface area (Å²) in [6, 6.07) is 8.41. The first kappa shape index (κ1) is 15.7. The van der Waals surface area contributed by atoms with Crippen molar-refractivity contribution >= 4 is 5.91 Å². The number of hydrogen-bond acceptors (Lipinski definition) is 3. The summed E-state index contributed by atoms with van der Waals surface area (Å²) >= 11 is 0. The van der Waals surface area contributed by atoms with Crippen molar-refractivity contribution in [3.05, 3.63) is 47.9 Å². The smallest absolute Gasteiger partial charge is 0.219 e. The lowest BCUT2D eigenvalue weighted by Gasteiger charge is -2.32. The predicted molar refractivity (Wildman–Crippen MR) is 90.9 cm³/mol. The fraction of sp³-hybridized carbons (Fsp3) is 0.421. The third kappa shape index (κ3) is 3.76. The molecule has 4 heteroatoms. The van der Waals surface area contributed by atoms with E-state index in [-0.39, 0.29) is 5.91 Å². The molecule has 0 saturated carbocycles. The molecule has 0 bridgehead atoms. The number of hydrogen-bond donors (Lipinski definition) is 0. The molecule has 1 saturated heterocycles. The van der Waals surface area contributed by atoms with E-state index in [1.165, 1.54) is 5.56 Å². The second-order valence-corrected chi connectivity index (χ2v) is 6.40. The van der Waals surface area contributed by atoms with E-state index in [0.29, 0.717) is 5.92 Å². The van der Waals surface area contributed by atoms with E-state index in [1.807, 2.05) is 4.90 Å². The lowest BCUT2D eigenvalue weighted by molar-refractivity contribution is -0.130. The van der Waals surface area contributed by atoms with Crippen molar-refractivity contribution in [1.82, 2.24) is 14.9 Å². The van der Waals surface area contributed by atoms with Crippen LogP contribution in [0.25, 0.3) is 11.3 Å². The lowest BCUT2D eigenvalue weighted by Crippen LogP contribution is -2.39. The summed E-state index contributed by atoms with van der Waals surface area (Å²) in [6.45, 7) is 5.46. The van der Waals surface area contributed by atoms with Crippen molar-refractivity contribution in [2.45, 2.75) is 33.1 Å². The monoisotopic (exact) mass is 309 g/mol. The van der Waals surface area contributed by atoms with Crippen LogP contribution in [0.5, 0.6) is 0 Å². The Balaban J connectivity index is 1.80. The van der Waals surface area contributed by atoms with Crippen LogP contribution < -0.4 is 0 Å². The molecular formula is C19H23N3O. The maximum Gasteiger partial charge on any atom is 0.219 e. The number of carbonyl (C=O) groups is 1. The lowest BCUT2D eigenvalue weighted by atomic mass is 9.91. The van der Waals surface area contributed by atoms with Gasteiger partial charge in [-0.1, -0.05) is 29.8 Å². The molecule has 0 N–H and O–H groups in total. The molecule has 2 heterocycles. The maximum atomic E-state index is 11.6. The highest BCUT2D eigenvalue weighted by Crippen LogP contribution is 2.26. The van der Waals surface area contributed by atoms with Gasteiger partial charge in [-0.05, 0) is 32.1 Å². The standard InChI is InChI=1S/C19H23N3O/c1-14-5-7-17(8-6-14)19-18(20-9-10-21-19)12-16-4-3-11-22(13-16)15(2)23/h5-10,16H,3-4,11-13H2,1-2H3/t16-/m0/s1. The molecule has 0 radical (unpaired) electrons. The van der Waals surface area contributed by atoms with E-state index >= 15 is 0 Å². The number of likely N-dealkylation sites (tertiary alicyclic amines) is 1. The van der Waals surface area contributed by atoms with Gasteiger partial charge >= 0.3 is 0 Å². The molecule has 1 fully saturated rings. The number of piperidine rings is 1. The van der Waals surface area contributed by atoms with Crippen LogP contribution in [0.1, 0.15) is 31.0 Å². The van der Waals surface area contributed by atoms with Gasteiger partial charge < -0.3 is 4.90 Å². The van der Waals surface area contributed by atoms with Gasteiger partial charge in [-0.15, -0.1) is 0 Å². The quantitative estimate of drug-likeness (QED) is 0.874. The van der Waals surface area contributed by atoms with E-state index in [2.05, 4.69) is 41.2 Å². The van der Waals surface area contributed by atoms with Gasteiger partial charge in [-0.3, -0.25) is 14.8 Å². The summed E-state index contributed by atoms with van der Waals surface area (Å²) in [5.74, 6) is 0.640. The summed E-state index contributed by atoms with van der Waals surface area (Å²) in [7, 11) is 0. The van der Waals surface area contributed by atoms with Crippen LogP contribution in [-0.2, 0) is 11.2 Å². The zero-order valence-corrected chi connectivity index (χ0v) is 13.8. The maximum absolute atomic E-state index is 11.6. The van der Waals surface area contributed by atoms with E-state index in [0.717, 1.165) is 49.3 Å². The van der Waals surface area contributed by atoms with Gasteiger partial charge in [0.15, 0.2) is 0 Å². The summed E-state index contributed by atoms with van der Waals surface area (Å²) in [6.07, 6.45) is 6.61. The average Bonchev–Trinajstić information content (AvgIpc) is 2.56. The van der Waals surface area contributed by atoms with E-state index in [4.69, 9.17) is 0 Å². The van der Waals surface area contributed by atoms with E-state index in [9.17, 15) is 4.79 Å². The molecule has 1 aromatic heterocycles. The first-order valence-electron chi connectivity index (χ1n) is 8.26. The SMILES string of the molecule is CC(=O)N1CCC[C@@H](Cc2nccnc2-c2ccc(C)cc2)C1. The van der Waals surface area contributed by atoms with Crippen LogP contribution in [0.15, 0.2) is 36.7 Å². The zero-order valence-electron chi connectivity index (χ0n) is 13.8. The first-order valence-corrected chi connectivity index (χ1v) is 8.26. The normalized spacial score (nSPS) is 18.0. The Morgan fingerprint density at radius 3 is 2.70 bits per heavy atom. The third-order valence-corrected chi connectivity index (χ3v) is 4.55. The Kier molecular flexibility index (Phi) is 4.70. The minimum absolute atomic E-state index is 0.174. The zero-order chi connectivity index (χ0) is 16.2. The third-order valence-electron chi connectivity index (χ3n) is 4.55. The van der Waals surface area contributed by atoms with Crippen LogP contribution >= 0.6 is 0 Å². The van der Waals surface area contributed by atoms with Crippen LogP contribution in [0.4, 0.5) is 0 Å². The molecule has 1 aliphatic heterocycles. The summed E-state index contributed by atoms with van der Waals surface area (Å²) in [4.78, 5) is 22.7. The van der Waals surface area contributed by atoms with E-state index < -0.39 is 0 Å². The summed E-state index contributed by atoms with van der Waals surface area (Å²) < 4.78 is 0. The Hall–Kier alpha value is -2.23. The fourth-order valence-corrected chi connectivity index (χ4v) is 3.26. The summed E-state index contributed by atoms with van der Waals surface area (Å²) in [5.41, 5.74) is 4.35. The minimum Gasteiger partial charge on any atom is -0.343 e. The molecule has 2 aromatic rings. The minimum atomic E-state index is 0.174. The van der Waals surface area contributed by atoms with Crippen molar-refractivity contribution in [3.63, 3.8) is 0 Å². The number of benzene rings is 1. The topological polar surface area (TPSA) is 46.1 Å². The highest BCUT2D eigenvalue weighted by Gasteiger charge is 2.23.